The number of hydrogen-bond acceptors (Lipinski definition) is 3. The summed E-state index contributed by atoms with van der Waals surface area (Å²) >= 11 is 0. The van der Waals surface area contributed by atoms with Crippen LogP contribution in [0.15, 0.2) is 138 Å². The Morgan fingerprint density at radius 3 is 2.14 bits per heavy atom. The molecule has 0 aliphatic carbocycles. The Balaban J connectivity index is 0.000000204. The van der Waals surface area contributed by atoms with Crippen molar-refractivity contribution in [2.45, 2.75) is 6.92 Å². The Morgan fingerprint density at radius 2 is 1.38 bits per heavy atom. The third kappa shape index (κ3) is 4.42. The molecule has 0 atom stereocenters. The summed E-state index contributed by atoms with van der Waals surface area (Å²) < 4.78 is 11.3. The predicted octanol–water partition coefficient (Wildman–Crippen LogP) is 10.9. The second-order valence-corrected chi connectivity index (χ2v) is 12.6. The monoisotopic (exact) mass is 821 g/mol. The van der Waals surface area contributed by atoms with Crippen LogP contribution < -0.4 is 0 Å². The molecule has 0 aliphatic rings. The van der Waals surface area contributed by atoms with Gasteiger partial charge in [-0.2, -0.15) is 0 Å². The minimum Gasteiger partial charge on any atom is -0.500 e. The number of aromatic nitrogens is 4. The van der Waals surface area contributed by atoms with Gasteiger partial charge in [0.25, 0.3) is 0 Å². The van der Waals surface area contributed by atoms with E-state index in [1.54, 1.807) is 0 Å². The molecule has 0 saturated carbocycles. The van der Waals surface area contributed by atoms with Gasteiger partial charge in [0.05, 0.1) is 44.4 Å². The quantitative estimate of drug-likeness (QED) is 0.163. The maximum Gasteiger partial charge on any atom is 0.131 e. The van der Waals surface area contributed by atoms with E-state index in [0.717, 1.165) is 55.6 Å². The summed E-state index contributed by atoms with van der Waals surface area (Å²) in [5, 5.41) is 7.11. The Hall–Kier alpha value is -5.81. The molecule has 0 unspecified atom stereocenters. The minimum atomic E-state index is 0. The molecule has 0 fully saturated rings. The third-order valence-electron chi connectivity index (χ3n) is 9.68. The second-order valence-electron chi connectivity index (χ2n) is 12.6. The molecular weight excluding hydrogens is 793 g/mol. The van der Waals surface area contributed by atoms with Crippen LogP contribution in [0, 0.1) is 19.1 Å². The summed E-state index contributed by atoms with van der Waals surface area (Å²) in [6, 6.07) is 50.4. The average molecular weight is 821 g/mol. The van der Waals surface area contributed by atoms with Gasteiger partial charge in [-0.3, -0.25) is 4.98 Å². The summed E-state index contributed by atoms with van der Waals surface area (Å²) in [4.78, 5) is 9.26. The maximum atomic E-state index is 6.81. The van der Waals surface area contributed by atoms with Gasteiger partial charge in [-0.15, -0.1) is 54.1 Å². The van der Waals surface area contributed by atoms with Crippen molar-refractivity contribution in [2.24, 2.45) is 7.05 Å². The van der Waals surface area contributed by atoms with Gasteiger partial charge in [-0.05, 0) is 48.5 Å². The fourth-order valence-electron chi connectivity index (χ4n) is 7.42. The minimum absolute atomic E-state index is 0. The summed E-state index contributed by atoms with van der Waals surface area (Å²) in [6.07, 6.45) is 1.87. The van der Waals surface area contributed by atoms with E-state index in [-0.39, 0.29) is 20.1 Å². The predicted molar refractivity (Wildman–Crippen MR) is 200 cm³/mol. The number of aryl methyl sites for hydroxylation is 2. The molecule has 0 bridgehead atoms. The molecular formula is C44H28IrN4O-2. The molecule has 6 heteroatoms. The van der Waals surface area contributed by atoms with E-state index in [0.29, 0.717) is 0 Å². The van der Waals surface area contributed by atoms with Crippen LogP contribution in [0.25, 0.3) is 93.7 Å². The largest absolute Gasteiger partial charge is 0.500 e. The van der Waals surface area contributed by atoms with Crippen molar-refractivity contribution in [2.75, 3.05) is 0 Å². The van der Waals surface area contributed by atoms with Crippen LogP contribution in [0.4, 0.5) is 0 Å². The van der Waals surface area contributed by atoms with Gasteiger partial charge >= 0.3 is 0 Å². The van der Waals surface area contributed by atoms with E-state index in [1.807, 2.05) is 67.7 Å². The Labute approximate surface area is 301 Å². The Morgan fingerprint density at radius 1 is 0.640 bits per heavy atom. The number of imidazole rings is 1. The van der Waals surface area contributed by atoms with Gasteiger partial charge in [0.1, 0.15) is 5.58 Å². The van der Waals surface area contributed by atoms with Crippen LogP contribution in [-0.2, 0) is 27.2 Å². The molecule has 11 rings (SSSR count). The molecule has 11 aromatic rings. The third-order valence-corrected chi connectivity index (χ3v) is 9.68. The summed E-state index contributed by atoms with van der Waals surface area (Å²) in [5.74, 6) is 0.859. The first-order valence-electron chi connectivity index (χ1n) is 16.4. The summed E-state index contributed by atoms with van der Waals surface area (Å²) in [7, 11) is 2.05. The molecule has 0 saturated heterocycles. The number of nitrogens with zero attached hydrogens (tertiary/aromatic N) is 4. The first-order chi connectivity index (χ1) is 24.2. The molecule has 1 radical (unpaired) electrons. The van der Waals surface area contributed by atoms with E-state index in [1.165, 1.54) is 43.7 Å². The van der Waals surface area contributed by atoms with Crippen LogP contribution in [0.1, 0.15) is 5.56 Å². The standard InChI is InChI=1S/C32H18N3O.C12H10N.Ir/c1-34-27-16-7-4-13-24(27)33-32(34)21-12-8-11-19-23-17-22-18-9-2-5-14-25(18)35-26-15-6-3-10-20(26)28(29(22)35)31(23)36-30(19)21;1-10-7-8-12(13-9-10)11-5-3-2-4-6-11;/h2-11,13-17H,1H3;2-5,7-9H,1H3;/q2*-1;. The van der Waals surface area contributed by atoms with Crippen molar-refractivity contribution in [3.05, 3.63) is 151 Å². The van der Waals surface area contributed by atoms with Crippen molar-refractivity contribution in [3.63, 3.8) is 0 Å². The van der Waals surface area contributed by atoms with Crippen LogP contribution in [-0.4, -0.2) is 18.9 Å². The van der Waals surface area contributed by atoms with Gasteiger partial charge in [-0.25, -0.2) is 0 Å². The van der Waals surface area contributed by atoms with E-state index in [4.69, 9.17) is 9.40 Å². The molecule has 0 N–H and O–H groups in total. The molecule has 5 aromatic heterocycles. The number of hydrogen-bond donors (Lipinski definition) is 0. The SMILES string of the molecule is Cc1ccc(-c2[c-]cccc2)nc1.Cn1c(-c2[c-]ccc3c2oc2c3cc3c4ccccc4n4c5ccccc5c2c34)nc2ccccc21.[Ir]. The number of fused-ring (bicyclic) bond motifs is 11. The number of para-hydroxylation sites is 4. The van der Waals surface area contributed by atoms with Crippen molar-refractivity contribution in [3.8, 4) is 22.6 Å². The van der Waals surface area contributed by atoms with Gasteiger partial charge in [0.15, 0.2) is 0 Å². The summed E-state index contributed by atoms with van der Waals surface area (Å²) in [6.45, 7) is 2.03. The van der Waals surface area contributed by atoms with Crippen molar-refractivity contribution in [1.29, 1.82) is 0 Å². The molecule has 50 heavy (non-hydrogen) atoms. The van der Waals surface area contributed by atoms with Gasteiger partial charge < -0.3 is 18.4 Å². The van der Waals surface area contributed by atoms with Gasteiger partial charge in [-0.1, -0.05) is 71.6 Å². The zero-order chi connectivity index (χ0) is 32.6. The normalized spacial score (nSPS) is 11.6. The fourth-order valence-corrected chi connectivity index (χ4v) is 7.42. The van der Waals surface area contributed by atoms with Crippen LogP contribution >= 0.6 is 0 Å². The van der Waals surface area contributed by atoms with Crippen LogP contribution in [0.5, 0.6) is 0 Å². The first-order valence-corrected chi connectivity index (χ1v) is 16.4. The smallest absolute Gasteiger partial charge is 0.131 e. The average Bonchev–Trinajstić information content (AvgIpc) is 3.89. The number of benzene rings is 6. The van der Waals surface area contributed by atoms with E-state index in [9.17, 15) is 0 Å². The molecule has 0 aliphatic heterocycles. The zero-order valence-electron chi connectivity index (χ0n) is 27.2. The molecule has 0 amide bonds. The van der Waals surface area contributed by atoms with Crippen molar-refractivity contribution < 1.29 is 24.5 Å². The van der Waals surface area contributed by atoms with E-state index in [2.05, 4.69) is 106 Å². The number of furan rings is 1. The van der Waals surface area contributed by atoms with E-state index < -0.39 is 0 Å². The molecule has 0 spiro atoms. The van der Waals surface area contributed by atoms with Gasteiger partial charge in [0.2, 0.25) is 0 Å². The molecule has 5 heterocycles. The number of rotatable bonds is 2. The van der Waals surface area contributed by atoms with Gasteiger partial charge in [0, 0.05) is 54.9 Å². The molecule has 5 nitrogen and oxygen atoms in total. The first kappa shape index (κ1) is 30.3. The van der Waals surface area contributed by atoms with Crippen LogP contribution in [0.3, 0.4) is 0 Å². The van der Waals surface area contributed by atoms with E-state index >= 15 is 0 Å². The van der Waals surface area contributed by atoms with Crippen LogP contribution in [0.2, 0.25) is 0 Å². The van der Waals surface area contributed by atoms with Crippen molar-refractivity contribution >= 4 is 71.1 Å². The molecule has 241 valence electrons. The molecule has 6 aromatic carbocycles. The fraction of sp³-hybridized carbons (Fsp3) is 0.0455. The summed E-state index contributed by atoms with van der Waals surface area (Å²) in [5.41, 5.74) is 11.5. The maximum absolute atomic E-state index is 6.81. The topological polar surface area (TPSA) is 48.3 Å². The Kier molecular flexibility index (Phi) is 7.06. The Bertz CT molecular complexity index is 3010. The zero-order valence-corrected chi connectivity index (χ0v) is 29.6. The van der Waals surface area contributed by atoms with Crippen molar-refractivity contribution in [1.82, 2.24) is 18.9 Å². The second kappa shape index (κ2) is 11.7. The number of pyridine rings is 1.